The first-order chi connectivity index (χ1) is 11.8. The van der Waals surface area contributed by atoms with Gasteiger partial charge in [-0.25, -0.2) is 4.39 Å². The van der Waals surface area contributed by atoms with Gasteiger partial charge in [-0.3, -0.25) is 0 Å². The van der Waals surface area contributed by atoms with E-state index in [1.807, 2.05) is 0 Å². The van der Waals surface area contributed by atoms with Gasteiger partial charge in [0.2, 0.25) is 0 Å². The summed E-state index contributed by atoms with van der Waals surface area (Å²) in [6.07, 6.45) is -24.8. The summed E-state index contributed by atoms with van der Waals surface area (Å²) in [5.74, 6) is -36.7. The Kier molecular flexibility index (Phi) is 4.85. The first-order valence-corrected chi connectivity index (χ1v) is 5.90. The molecule has 0 aromatic rings. The van der Waals surface area contributed by atoms with Crippen LogP contribution in [0.15, 0.2) is 11.4 Å². The molecule has 0 bridgehead atoms. The van der Waals surface area contributed by atoms with Crippen molar-refractivity contribution in [3.8, 4) is 0 Å². The minimum Gasteiger partial charge on any atom is -0.205 e. The van der Waals surface area contributed by atoms with Gasteiger partial charge in [-0.2, -0.15) is 74.6 Å². The van der Waals surface area contributed by atoms with E-state index in [1.165, 1.54) is 0 Å². The summed E-state index contributed by atoms with van der Waals surface area (Å²) in [7, 11) is 0. The van der Waals surface area contributed by atoms with Crippen LogP contribution < -0.4 is 0 Å². The molecule has 0 amide bonds. The molecule has 28 heavy (non-hydrogen) atoms. The van der Waals surface area contributed by atoms with Gasteiger partial charge >= 0.3 is 42.2 Å². The van der Waals surface area contributed by atoms with Crippen LogP contribution in [0.5, 0.6) is 0 Å². The van der Waals surface area contributed by atoms with E-state index in [0.29, 0.717) is 0 Å². The second-order valence-electron chi connectivity index (χ2n) is 5.23. The molecule has 0 fully saturated rings. The molecule has 0 aliphatic heterocycles. The van der Waals surface area contributed by atoms with Crippen molar-refractivity contribution in [2.24, 2.45) is 5.41 Å². The molecular formula is C10F18. The van der Waals surface area contributed by atoms with Crippen molar-refractivity contribution in [3.63, 3.8) is 0 Å². The number of hydrogen-bond donors (Lipinski definition) is 0. The topological polar surface area (TPSA) is 0 Å². The molecule has 1 aliphatic carbocycles. The van der Waals surface area contributed by atoms with E-state index in [2.05, 4.69) is 0 Å². The molecule has 0 spiro atoms. The van der Waals surface area contributed by atoms with Gasteiger partial charge in [0.25, 0.3) is 5.41 Å². The third-order valence-corrected chi connectivity index (χ3v) is 3.64. The fraction of sp³-hybridized carbons (Fsp3) is 0.800. The number of allylic oxidation sites excluding steroid dienone is 2. The standard InChI is InChI=1S/C10F18/c11-2-1(3(8(20,21)22,9(23,24)25)10(26,27)28)4(12,13)6(16,17)7(18,19)5(2,14)15. The molecule has 0 nitrogen and oxygen atoms in total. The third-order valence-electron chi connectivity index (χ3n) is 3.64. The van der Waals surface area contributed by atoms with E-state index < -0.39 is 59.0 Å². The molecule has 0 unspecified atom stereocenters. The molecular weight excluding hydrogens is 462 g/mol. The molecule has 0 saturated heterocycles. The summed E-state index contributed by atoms with van der Waals surface area (Å²) < 4.78 is 233. The van der Waals surface area contributed by atoms with Crippen molar-refractivity contribution in [1.29, 1.82) is 0 Å². The molecule has 0 aromatic carbocycles. The number of rotatable bonds is 1. The summed E-state index contributed by atoms with van der Waals surface area (Å²) in [6.45, 7) is 0. The van der Waals surface area contributed by atoms with E-state index in [1.54, 1.807) is 0 Å². The van der Waals surface area contributed by atoms with E-state index in [-0.39, 0.29) is 0 Å². The Morgan fingerprint density at radius 2 is 0.714 bits per heavy atom. The summed E-state index contributed by atoms with van der Waals surface area (Å²) in [4.78, 5) is 0. The number of halogens is 18. The van der Waals surface area contributed by atoms with Gasteiger partial charge in [0.15, 0.2) is 5.83 Å². The molecule has 0 atom stereocenters. The Labute approximate surface area is 139 Å². The molecule has 0 aromatic heterocycles. The molecule has 18 heteroatoms. The zero-order valence-electron chi connectivity index (χ0n) is 11.8. The first-order valence-electron chi connectivity index (χ1n) is 5.90. The fourth-order valence-corrected chi connectivity index (χ4v) is 2.29. The molecule has 0 saturated carbocycles. The van der Waals surface area contributed by atoms with Crippen LogP contribution in [-0.2, 0) is 0 Å². The maximum atomic E-state index is 13.5. The fourth-order valence-electron chi connectivity index (χ4n) is 2.29. The minimum absolute atomic E-state index is 5.35. The van der Waals surface area contributed by atoms with Crippen molar-refractivity contribution >= 4 is 0 Å². The zero-order chi connectivity index (χ0) is 23.2. The highest BCUT2D eigenvalue weighted by molar-refractivity contribution is 5.43. The van der Waals surface area contributed by atoms with Crippen LogP contribution >= 0.6 is 0 Å². The molecule has 1 aliphatic rings. The van der Waals surface area contributed by atoms with Gasteiger partial charge in [0.05, 0.1) is 5.57 Å². The molecule has 0 radical (unpaired) electrons. The maximum Gasteiger partial charge on any atom is 0.416 e. The van der Waals surface area contributed by atoms with Crippen LogP contribution in [0.4, 0.5) is 79.0 Å². The van der Waals surface area contributed by atoms with E-state index in [4.69, 9.17) is 0 Å². The average molecular weight is 462 g/mol. The Bertz CT molecular complexity index is 630. The van der Waals surface area contributed by atoms with Crippen molar-refractivity contribution in [3.05, 3.63) is 11.4 Å². The summed E-state index contributed by atoms with van der Waals surface area (Å²) in [6, 6.07) is 0. The second kappa shape index (κ2) is 5.54. The monoisotopic (exact) mass is 462 g/mol. The predicted octanol–water partition coefficient (Wildman–Crippen LogP) is 6.44. The van der Waals surface area contributed by atoms with Gasteiger partial charge in [-0.15, -0.1) is 0 Å². The average Bonchev–Trinajstić information content (AvgIpc) is 2.37. The summed E-state index contributed by atoms with van der Waals surface area (Å²) >= 11 is 0. The highest BCUT2D eigenvalue weighted by atomic mass is 19.4. The van der Waals surface area contributed by atoms with Crippen LogP contribution in [0.1, 0.15) is 0 Å². The highest BCUT2D eigenvalue weighted by Crippen LogP contribution is 2.72. The second-order valence-corrected chi connectivity index (χ2v) is 5.23. The van der Waals surface area contributed by atoms with Gasteiger partial charge < -0.3 is 0 Å². The van der Waals surface area contributed by atoms with Crippen molar-refractivity contribution in [2.75, 3.05) is 0 Å². The lowest BCUT2D eigenvalue weighted by molar-refractivity contribution is -0.433. The normalized spacial score (nSPS) is 25.1. The van der Waals surface area contributed by atoms with Crippen LogP contribution in [0.25, 0.3) is 0 Å². The quantitative estimate of drug-likeness (QED) is 0.394. The Balaban J connectivity index is 4.43. The van der Waals surface area contributed by atoms with Crippen LogP contribution in [0.3, 0.4) is 0 Å². The van der Waals surface area contributed by atoms with Gasteiger partial charge in [0.1, 0.15) is 0 Å². The lowest BCUT2D eigenvalue weighted by Gasteiger charge is -2.48. The SMILES string of the molecule is FC1=C(C(C(F)(F)F)(C(F)(F)F)C(F)(F)F)C(F)(F)C(F)(F)C(F)(F)C1(F)F. The Morgan fingerprint density at radius 3 is 0.964 bits per heavy atom. The molecule has 166 valence electrons. The number of alkyl halides is 17. The third kappa shape index (κ3) is 2.43. The van der Waals surface area contributed by atoms with Crippen LogP contribution in [0, 0.1) is 5.41 Å². The van der Waals surface area contributed by atoms with Gasteiger partial charge in [0, 0.05) is 0 Å². The van der Waals surface area contributed by atoms with Crippen molar-refractivity contribution in [2.45, 2.75) is 42.2 Å². The molecule has 0 N–H and O–H groups in total. The van der Waals surface area contributed by atoms with E-state index in [0.717, 1.165) is 0 Å². The largest absolute Gasteiger partial charge is 0.416 e. The van der Waals surface area contributed by atoms with E-state index in [9.17, 15) is 79.0 Å². The molecule has 0 heterocycles. The van der Waals surface area contributed by atoms with Gasteiger partial charge in [-0.1, -0.05) is 0 Å². The summed E-state index contributed by atoms with van der Waals surface area (Å²) in [5.41, 5.74) is -14.0. The Hall–Kier alpha value is -1.52. The minimum atomic E-state index is -8.37. The first kappa shape index (κ1) is 24.5. The smallest absolute Gasteiger partial charge is 0.205 e. The van der Waals surface area contributed by atoms with Crippen molar-refractivity contribution in [1.82, 2.24) is 0 Å². The maximum absolute atomic E-state index is 13.5. The van der Waals surface area contributed by atoms with Gasteiger partial charge in [-0.05, 0) is 0 Å². The zero-order valence-corrected chi connectivity index (χ0v) is 11.8. The van der Waals surface area contributed by atoms with Crippen molar-refractivity contribution < 1.29 is 79.0 Å². The summed E-state index contributed by atoms with van der Waals surface area (Å²) in [5, 5.41) is 0. The predicted molar refractivity (Wildman–Crippen MR) is 48.5 cm³/mol. The highest BCUT2D eigenvalue weighted by Gasteiger charge is 2.96. The Morgan fingerprint density at radius 1 is 0.464 bits per heavy atom. The lowest BCUT2D eigenvalue weighted by atomic mass is 9.68. The number of hydrogen-bond acceptors (Lipinski definition) is 0. The molecule has 1 rings (SSSR count). The lowest BCUT2D eigenvalue weighted by Crippen LogP contribution is -2.73. The van der Waals surface area contributed by atoms with E-state index >= 15 is 0 Å². The van der Waals surface area contributed by atoms with Crippen LogP contribution in [0.2, 0.25) is 0 Å². The van der Waals surface area contributed by atoms with Crippen LogP contribution in [-0.4, -0.2) is 42.2 Å².